The Labute approximate surface area is 99.9 Å². The molecule has 0 fully saturated rings. The second-order valence-electron chi connectivity index (χ2n) is 4.45. The van der Waals surface area contributed by atoms with Gasteiger partial charge in [0, 0.05) is 0 Å². The maximum atomic E-state index is 13.2. The fourth-order valence-electron chi connectivity index (χ4n) is 2.06. The van der Waals surface area contributed by atoms with Gasteiger partial charge in [-0.25, -0.2) is 8.78 Å². The smallest absolute Gasteiger partial charge is 0.123 e. The zero-order chi connectivity index (χ0) is 12.4. The average Bonchev–Trinajstić information content (AvgIpc) is 2.13. The molecule has 0 aliphatic carbocycles. The van der Waals surface area contributed by atoms with Crippen LogP contribution in [0.15, 0.2) is 36.4 Å². The molecule has 0 heterocycles. The lowest BCUT2D eigenvalue weighted by molar-refractivity contribution is 0.623. The van der Waals surface area contributed by atoms with Crippen molar-refractivity contribution < 1.29 is 8.78 Å². The Bertz CT molecular complexity index is 455. The molecular formula is C15H14F2. The highest BCUT2D eigenvalue weighted by atomic mass is 19.1. The molecule has 17 heavy (non-hydrogen) atoms. The third kappa shape index (κ3) is 3.13. The molecule has 0 unspecified atom stereocenters. The van der Waals surface area contributed by atoms with Crippen molar-refractivity contribution in [2.45, 2.75) is 20.3 Å². The number of hydrogen-bond acceptors (Lipinski definition) is 0. The zero-order valence-corrected chi connectivity index (χ0v) is 9.93. The average molecular weight is 232 g/mol. The molecule has 2 rings (SSSR count). The van der Waals surface area contributed by atoms with Gasteiger partial charge >= 0.3 is 0 Å². The van der Waals surface area contributed by atoms with Crippen molar-refractivity contribution in [3.05, 3.63) is 70.3 Å². The van der Waals surface area contributed by atoms with Crippen molar-refractivity contribution in [1.29, 1.82) is 0 Å². The molecule has 0 bridgehead atoms. The largest absolute Gasteiger partial charge is 0.207 e. The Kier molecular flexibility index (Phi) is 3.23. The third-order valence-electron chi connectivity index (χ3n) is 2.61. The van der Waals surface area contributed by atoms with Crippen molar-refractivity contribution in [2.75, 3.05) is 0 Å². The van der Waals surface area contributed by atoms with Crippen LogP contribution in [0.25, 0.3) is 0 Å². The van der Waals surface area contributed by atoms with E-state index in [1.807, 2.05) is 26.0 Å². The Balaban J connectivity index is 2.31. The highest BCUT2D eigenvalue weighted by Crippen LogP contribution is 2.15. The first-order chi connectivity index (χ1) is 8.02. The summed E-state index contributed by atoms with van der Waals surface area (Å²) in [7, 11) is 0. The monoisotopic (exact) mass is 232 g/mol. The summed E-state index contributed by atoms with van der Waals surface area (Å²) >= 11 is 0. The molecule has 0 spiro atoms. The van der Waals surface area contributed by atoms with E-state index in [0.29, 0.717) is 6.42 Å². The molecule has 88 valence electrons. The van der Waals surface area contributed by atoms with E-state index in [2.05, 4.69) is 0 Å². The molecule has 2 heteroatoms. The summed E-state index contributed by atoms with van der Waals surface area (Å²) in [4.78, 5) is 0. The van der Waals surface area contributed by atoms with Crippen molar-refractivity contribution in [2.24, 2.45) is 0 Å². The van der Waals surface area contributed by atoms with Crippen molar-refractivity contribution >= 4 is 0 Å². The van der Waals surface area contributed by atoms with E-state index in [4.69, 9.17) is 0 Å². The van der Waals surface area contributed by atoms with Crippen LogP contribution in [-0.4, -0.2) is 0 Å². The number of halogens is 2. The summed E-state index contributed by atoms with van der Waals surface area (Å²) in [6.07, 6.45) is 0.553. The van der Waals surface area contributed by atoms with Gasteiger partial charge in [-0.05, 0) is 66.8 Å². The van der Waals surface area contributed by atoms with Crippen LogP contribution in [0.3, 0.4) is 0 Å². The topological polar surface area (TPSA) is 0 Å². The van der Waals surface area contributed by atoms with Crippen LogP contribution in [0, 0.1) is 25.5 Å². The molecule has 0 aliphatic heterocycles. The van der Waals surface area contributed by atoms with Gasteiger partial charge in [0.2, 0.25) is 0 Å². The Morgan fingerprint density at radius 3 is 1.47 bits per heavy atom. The SMILES string of the molecule is Cc1cc(F)cc(Cc2cc(C)cc(F)c2)c1. The first kappa shape index (κ1) is 11.8. The first-order valence-corrected chi connectivity index (χ1v) is 5.55. The minimum Gasteiger partial charge on any atom is -0.207 e. The predicted molar refractivity (Wildman–Crippen MR) is 65.1 cm³/mol. The van der Waals surface area contributed by atoms with Gasteiger partial charge in [-0.15, -0.1) is 0 Å². The zero-order valence-electron chi connectivity index (χ0n) is 9.93. The number of rotatable bonds is 2. The molecule has 0 saturated heterocycles. The third-order valence-corrected chi connectivity index (χ3v) is 2.61. The summed E-state index contributed by atoms with van der Waals surface area (Å²) < 4.78 is 26.4. The number of benzene rings is 2. The molecule has 0 aliphatic rings. The van der Waals surface area contributed by atoms with Crippen LogP contribution in [0.5, 0.6) is 0 Å². The molecule has 0 radical (unpaired) electrons. The standard InChI is InChI=1S/C15H14F2/c1-10-3-12(8-14(16)5-10)7-13-4-11(2)6-15(17)9-13/h3-6,8-9H,7H2,1-2H3. The first-order valence-electron chi connectivity index (χ1n) is 5.55. The summed E-state index contributed by atoms with van der Waals surface area (Å²) in [5.41, 5.74) is 3.50. The van der Waals surface area contributed by atoms with Crippen molar-refractivity contribution in [1.82, 2.24) is 0 Å². The summed E-state index contributed by atoms with van der Waals surface area (Å²) in [5, 5.41) is 0. The molecule has 0 saturated carbocycles. The minimum atomic E-state index is -0.242. The second-order valence-corrected chi connectivity index (χ2v) is 4.45. The van der Waals surface area contributed by atoms with Gasteiger partial charge in [0.05, 0.1) is 0 Å². The van der Waals surface area contributed by atoms with Crippen LogP contribution < -0.4 is 0 Å². The van der Waals surface area contributed by atoms with Crippen LogP contribution >= 0.6 is 0 Å². The van der Waals surface area contributed by atoms with Gasteiger partial charge in [0.1, 0.15) is 11.6 Å². The van der Waals surface area contributed by atoms with Crippen LogP contribution in [0.1, 0.15) is 22.3 Å². The van der Waals surface area contributed by atoms with E-state index >= 15 is 0 Å². The predicted octanol–water partition coefficient (Wildman–Crippen LogP) is 4.17. The fourth-order valence-corrected chi connectivity index (χ4v) is 2.06. The highest BCUT2D eigenvalue weighted by Gasteiger charge is 2.02. The van der Waals surface area contributed by atoms with Crippen LogP contribution in [0.2, 0.25) is 0 Å². The number of aryl methyl sites for hydroxylation is 2. The van der Waals surface area contributed by atoms with E-state index in [9.17, 15) is 8.78 Å². The van der Waals surface area contributed by atoms with Crippen LogP contribution in [-0.2, 0) is 6.42 Å². The molecular weight excluding hydrogens is 218 g/mol. The van der Waals surface area contributed by atoms with Crippen LogP contribution in [0.4, 0.5) is 8.78 Å². The van der Waals surface area contributed by atoms with Gasteiger partial charge < -0.3 is 0 Å². The van der Waals surface area contributed by atoms with Gasteiger partial charge in [-0.2, -0.15) is 0 Å². The lowest BCUT2D eigenvalue weighted by atomic mass is 10.0. The van der Waals surface area contributed by atoms with E-state index < -0.39 is 0 Å². The summed E-state index contributed by atoms with van der Waals surface area (Å²) in [5.74, 6) is -0.485. The fraction of sp³-hybridized carbons (Fsp3) is 0.200. The molecule has 0 atom stereocenters. The minimum absolute atomic E-state index is 0.242. The maximum absolute atomic E-state index is 13.2. The van der Waals surface area contributed by atoms with Gasteiger partial charge in [0.25, 0.3) is 0 Å². The van der Waals surface area contributed by atoms with E-state index in [0.717, 1.165) is 22.3 Å². The molecule has 2 aromatic rings. The van der Waals surface area contributed by atoms with Gasteiger partial charge in [0.15, 0.2) is 0 Å². The Morgan fingerprint density at radius 2 is 1.12 bits per heavy atom. The number of hydrogen-bond donors (Lipinski definition) is 0. The Hall–Kier alpha value is -1.70. The molecule has 0 amide bonds. The van der Waals surface area contributed by atoms with Gasteiger partial charge in [-0.3, -0.25) is 0 Å². The lowest BCUT2D eigenvalue weighted by Gasteiger charge is -2.05. The highest BCUT2D eigenvalue weighted by molar-refractivity contribution is 5.32. The Morgan fingerprint density at radius 1 is 0.706 bits per heavy atom. The van der Waals surface area contributed by atoms with E-state index in [1.165, 1.54) is 24.3 Å². The second kappa shape index (κ2) is 4.66. The molecule has 0 nitrogen and oxygen atoms in total. The quantitative estimate of drug-likeness (QED) is 0.729. The van der Waals surface area contributed by atoms with Crippen molar-refractivity contribution in [3.63, 3.8) is 0 Å². The van der Waals surface area contributed by atoms with E-state index in [-0.39, 0.29) is 11.6 Å². The lowest BCUT2D eigenvalue weighted by Crippen LogP contribution is -1.93. The summed E-state index contributed by atoms with van der Waals surface area (Å²) in [6.45, 7) is 3.70. The molecule has 2 aromatic carbocycles. The van der Waals surface area contributed by atoms with Gasteiger partial charge in [-0.1, -0.05) is 12.1 Å². The summed E-state index contributed by atoms with van der Waals surface area (Å²) in [6, 6.07) is 9.80. The normalized spacial score (nSPS) is 10.6. The molecule has 0 aromatic heterocycles. The molecule has 0 N–H and O–H groups in total. The maximum Gasteiger partial charge on any atom is 0.123 e. The van der Waals surface area contributed by atoms with E-state index in [1.54, 1.807) is 0 Å². The van der Waals surface area contributed by atoms with Crippen molar-refractivity contribution in [3.8, 4) is 0 Å².